The van der Waals surface area contributed by atoms with E-state index in [0.29, 0.717) is 16.8 Å². The molecular weight excluding hydrogens is 475 g/mol. The maximum absolute atomic E-state index is 12.8. The fourth-order valence-electron chi connectivity index (χ4n) is 3.28. The van der Waals surface area contributed by atoms with Crippen molar-refractivity contribution in [3.8, 4) is 0 Å². The molecule has 0 spiro atoms. The molecule has 0 radical (unpaired) electrons. The van der Waals surface area contributed by atoms with Gasteiger partial charge >= 0.3 is 6.18 Å². The van der Waals surface area contributed by atoms with Crippen LogP contribution in [0.1, 0.15) is 16.7 Å². The Morgan fingerprint density at radius 1 is 0.971 bits per heavy atom. The van der Waals surface area contributed by atoms with Crippen LogP contribution >= 0.6 is 0 Å². The van der Waals surface area contributed by atoms with Crippen molar-refractivity contribution in [2.24, 2.45) is 0 Å². The number of benzene rings is 3. The molecular formula is C22H14F3N3O5S. The summed E-state index contributed by atoms with van der Waals surface area (Å²) in [5.41, 5.74) is 0.185. The third kappa shape index (κ3) is 4.62. The van der Waals surface area contributed by atoms with Crippen LogP contribution in [0.5, 0.6) is 0 Å². The molecule has 0 fully saturated rings. The third-order valence-electron chi connectivity index (χ3n) is 4.96. The number of nitro benzene ring substituents is 1. The van der Waals surface area contributed by atoms with Crippen LogP contribution in [0.25, 0.3) is 11.6 Å². The van der Waals surface area contributed by atoms with Crippen LogP contribution in [-0.4, -0.2) is 19.2 Å². The first-order valence-electron chi connectivity index (χ1n) is 9.56. The SMILES string of the molecule is O=C1Nc2ccc(S(=O)(=O)Nc3ccc(C(F)(F)F)cc3)cc2C1=Cc1ccc([N+](=O)[O-])cc1. The normalized spacial score (nSPS) is 14.6. The van der Waals surface area contributed by atoms with Gasteiger partial charge in [-0.05, 0) is 66.2 Å². The number of carbonyl (C=O) groups is 1. The summed E-state index contributed by atoms with van der Waals surface area (Å²) in [6, 6.07) is 12.9. The fraction of sp³-hybridized carbons (Fsp3) is 0.0455. The summed E-state index contributed by atoms with van der Waals surface area (Å²) in [5.74, 6) is -0.487. The first-order chi connectivity index (χ1) is 15.9. The van der Waals surface area contributed by atoms with E-state index in [0.717, 1.165) is 24.3 Å². The molecule has 8 nitrogen and oxygen atoms in total. The lowest BCUT2D eigenvalue weighted by atomic mass is 10.0. The lowest BCUT2D eigenvalue weighted by molar-refractivity contribution is -0.384. The van der Waals surface area contributed by atoms with E-state index in [1.807, 2.05) is 0 Å². The summed E-state index contributed by atoms with van der Waals surface area (Å²) in [4.78, 5) is 22.5. The number of fused-ring (bicyclic) bond motifs is 1. The highest BCUT2D eigenvalue weighted by atomic mass is 32.2. The van der Waals surface area contributed by atoms with Gasteiger partial charge in [-0.1, -0.05) is 0 Å². The standard InChI is InChI=1S/C22H14F3N3O5S/c23-22(24,25)14-3-5-15(6-4-14)27-34(32,33)17-9-10-20-18(12-17)19(21(29)26-20)11-13-1-7-16(8-2-13)28(30)31/h1-12,27H,(H,26,29). The van der Waals surface area contributed by atoms with Crippen LogP contribution < -0.4 is 10.0 Å². The number of halogens is 3. The molecule has 0 aromatic heterocycles. The Kier molecular flexibility index (Phi) is 5.61. The number of nitro groups is 1. The number of carbonyl (C=O) groups excluding carboxylic acids is 1. The van der Waals surface area contributed by atoms with E-state index in [9.17, 15) is 36.5 Å². The lowest BCUT2D eigenvalue weighted by Crippen LogP contribution is -2.13. The highest BCUT2D eigenvalue weighted by molar-refractivity contribution is 7.92. The summed E-state index contributed by atoms with van der Waals surface area (Å²) in [6.07, 6.45) is -3.09. The monoisotopic (exact) mass is 489 g/mol. The zero-order valence-electron chi connectivity index (χ0n) is 17.0. The number of anilines is 2. The van der Waals surface area contributed by atoms with Gasteiger partial charge in [-0.25, -0.2) is 8.42 Å². The number of alkyl halides is 3. The Morgan fingerprint density at radius 3 is 2.21 bits per heavy atom. The zero-order chi connectivity index (χ0) is 24.7. The van der Waals surface area contributed by atoms with Crippen molar-refractivity contribution in [2.45, 2.75) is 11.1 Å². The van der Waals surface area contributed by atoms with Crippen molar-refractivity contribution >= 4 is 44.6 Å². The quantitative estimate of drug-likeness (QED) is 0.300. The summed E-state index contributed by atoms with van der Waals surface area (Å²) in [7, 11) is -4.18. The molecule has 0 bridgehead atoms. The molecule has 1 heterocycles. The molecule has 3 aromatic carbocycles. The predicted octanol–water partition coefficient (Wildman–Crippen LogP) is 4.91. The second kappa shape index (κ2) is 8.30. The number of amides is 1. The lowest BCUT2D eigenvalue weighted by Gasteiger charge is -2.11. The largest absolute Gasteiger partial charge is 0.416 e. The van der Waals surface area contributed by atoms with Gasteiger partial charge in [-0.2, -0.15) is 13.2 Å². The second-order valence-corrected chi connectivity index (χ2v) is 8.93. The average Bonchev–Trinajstić information content (AvgIpc) is 3.08. The van der Waals surface area contributed by atoms with Crippen molar-refractivity contribution in [1.29, 1.82) is 0 Å². The van der Waals surface area contributed by atoms with Gasteiger partial charge in [0, 0.05) is 34.6 Å². The molecule has 174 valence electrons. The molecule has 1 aliphatic heterocycles. The Bertz CT molecular complexity index is 1430. The van der Waals surface area contributed by atoms with Crippen LogP contribution in [0.2, 0.25) is 0 Å². The van der Waals surface area contributed by atoms with Crippen molar-refractivity contribution in [3.05, 3.63) is 93.5 Å². The van der Waals surface area contributed by atoms with E-state index >= 15 is 0 Å². The van der Waals surface area contributed by atoms with E-state index in [4.69, 9.17) is 0 Å². The minimum absolute atomic E-state index is 0.0654. The van der Waals surface area contributed by atoms with Crippen LogP contribution in [0, 0.1) is 10.1 Å². The Balaban J connectivity index is 1.64. The van der Waals surface area contributed by atoms with E-state index in [1.54, 1.807) is 0 Å². The minimum atomic E-state index is -4.55. The first kappa shape index (κ1) is 23.0. The predicted molar refractivity (Wildman–Crippen MR) is 118 cm³/mol. The highest BCUT2D eigenvalue weighted by Crippen LogP contribution is 2.35. The van der Waals surface area contributed by atoms with Gasteiger partial charge in [0.1, 0.15) is 0 Å². The van der Waals surface area contributed by atoms with Gasteiger partial charge in [-0.15, -0.1) is 0 Å². The van der Waals surface area contributed by atoms with Crippen molar-refractivity contribution < 1.29 is 31.3 Å². The Labute approximate surface area is 190 Å². The number of hydrogen-bond acceptors (Lipinski definition) is 5. The molecule has 4 rings (SSSR count). The summed E-state index contributed by atoms with van der Waals surface area (Å²) < 4.78 is 66.0. The summed E-state index contributed by atoms with van der Waals surface area (Å²) in [6.45, 7) is 0. The molecule has 2 N–H and O–H groups in total. The van der Waals surface area contributed by atoms with Gasteiger partial charge in [-0.3, -0.25) is 19.6 Å². The van der Waals surface area contributed by atoms with E-state index in [-0.39, 0.29) is 21.8 Å². The number of non-ortho nitro benzene ring substituents is 1. The van der Waals surface area contributed by atoms with Crippen molar-refractivity contribution in [3.63, 3.8) is 0 Å². The average molecular weight is 489 g/mol. The van der Waals surface area contributed by atoms with E-state index < -0.39 is 32.6 Å². The van der Waals surface area contributed by atoms with Crippen molar-refractivity contribution in [1.82, 2.24) is 0 Å². The molecule has 3 aromatic rings. The fourth-order valence-corrected chi connectivity index (χ4v) is 4.36. The molecule has 0 saturated heterocycles. The van der Waals surface area contributed by atoms with Crippen molar-refractivity contribution in [2.75, 3.05) is 10.0 Å². The van der Waals surface area contributed by atoms with Crippen LogP contribution in [0.4, 0.5) is 30.2 Å². The number of nitrogens with one attached hydrogen (secondary N) is 2. The maximum Gasteiger partial charge on any atom is 0.416 e. The van der Waals surface area contributed by atoms with Gasteiger partial charge in [0.25, 0.3) is 21.6 Å². The molecule has 0 unspecified atom stereocenters. The van der Waals surface area contributed by atoms with E-state index in [2.05, 4.69) is 10.0 Å². The van der Waals surface area contributed by atoms with Gasteiger partial charge < -0.3 is 5.32 Å². The number of nitrogens with zero attached hydrogens (tertiary/aromatic N) is 1. The van der Waals surface area contributed by atoms with E-state index in [1.165, 1.54) is 48.5 Å². The zero-order valence-corrected chi connectivity index (χ0v) is 17.8. The second-order valence-electron chi connectivity index (χ2n) is 7.25. The topological polar surface area (TPSA) is 118 Å². The third-order valence-corrected chi connectivity index (χ3v) is 6.34. The first-order valence-corrected chi connectivity index (χ1v) is 11.0. The van der Waals surface area contributed by atoms with Crippen LogP contribution in [-0.2, 0) is 21.0 Å². The summed E-state index contributed by atoms with van der Waals surface area (Å²) >= 11 is 0. The van der Waals surface area contributed by atoms with Gasteiger partial charge in [0.05, 0.1) is 15.4 Å². The van der Waals surface area contributed by atoms with Crippen LogP contribution in [0.3, 0.4) is 0 Å². The molecule has 0 atom stereocenters. The smallest absolute Gasteiger partial charge is 0.321 e. The number of sulfonamides is 1. The molecule has 0 aliphatic carbocycles. The minimum Gasteiger partial charge on any atom is -0.321 e. The van der Waals surface area contributed by atoms with Crippen LogP contribution in [0.15, 0.2) is 71.6 Å². The number of hydrogen-bond donors (Lipinski definition) is 2. The number of rotatable bonds is 5. The molecule has 1 amide bonds. The molecule has 12 heteroatoms. The molecule has 1 aliphatic rings. The Morgan fingerprint density at radius 2 is 1.62 bits per heavy atom. The van der Waals surface area contributed by atoms with Gasteiger partial charge in [0.15, 0.2) is 0 Å². The Hall–Kier alpha value is -4.19. The maximum atomic E-state index is 12.8. The van der Waals surface area contributed by atoms with Gasteiger partial charge in [0.2, 0.25) is 0 Å². The summed E-state index contributed by atoms with van der Waals surface area (Å²) in [5, 5.41) is 13.4. The molecule has 34 heavy (non-hydrogen) atoms. The molecule has 0 saturated carbocycles. The highest BCUT2D eigenvalue weighted by Gasteiger charge is 2.30.